The summed E-state index contributed by atoms with van der Waals surface area (Å²) >= 11 is 0. The molecule has 0 radical (unpaired) electrons. The van der Waals surface area contributed by atoms with Crippen molar-refractivity contribution in [3.05, 3.63) is 66.2 Å². The van der Waals surface area contributed by atoms with Gasteiger partial charge in [-0.15, -0.1) is 0 Å². The zero-order valence-corrected chi connectivity index (χ0v) is 11.4. The molecule has 3 heteroatoms. The summed E-state index contributed by atoms with van der Waals surface area (Å²) in [5, 5.41) is 2.71. The van der Waals surface area contributed by atoms with Crippen LogP contribution in [0.15, 0.2) is 60.7 Å². The molecule has 0 aliphatic carbocycles. The average molecular weight is 267 g/mol. The fourth-order valence-corrected chi connectivity index (χ4v) is 1.73. The molecule has 0 spiro atoms. The molecule has 0 aliphatic rings. The van der Waals surface area contributed by atoms with Gasteiger partial charge in [0.25, 0.3) is 0 Å². The van der Waals surface area contributed by atoms with Gasteiger partial charge in [-0.25, -0.2) is 0 Å². The summed E-state index contributed by atoms with van der Waals surface area (Å²) < 4.78 is 5.59. The summed E-state index contributed by atoms with van der Waals surface area (Å²) in [4.78, 5) is 10.9. The molecule has 2 aromatic rings. The molecule has 2 aromatic carbocycles. The number of nitrogens with one attached hydrogen (secondary N) is 1. The van der Waals surface area contributed by atoms with Crippen LogP contribution in [0.1, 0.15) is 12.5 Å². The Kier molecular flexibility index (Phi) is 4.95. The highest BCUT2D eigenvalue weighted by molar-refractivity contribution is 5.88. The Morgan fingerprint density at radius 1 is 1.10 bits per heavy atom. The van der Waals surface area contributed by atoms with Gasteiger partial charge in [-0.3, -0.25) is 4.79 Å². The van der Waals surface area contributed by atoms with Crippen LogP contribution in [-0.4, -0.2) is 12.5 Å². The van der Waals surface area contributed by atoms with Gasteiger partial charge < -0.3 is 10.1 Å². The minimum Gasteiger partial charge on any atom is -0.490 e. The molecule has 0 aliphatic heterocycles. The number of hydrogen-bond acceptors (Lipinski definition) is 2. The summed E-state index contributed by atoms with van der Waals surface area (Å²) in [6, 6.07) is 17.4. The fraction of sp³-hybridized carbons (Fsp3) is 0.118. The van der Waals surface area contributed by atoms with Gasteiger partial charge in [-0.1, -0.05) is 36.4 Å². The number of carbonyl (C=O) groups excluding carboxylic acids is 1. The van der Waals surface area contributed by atoms with E-state index in [0.717, 1.165) is 17.0 Å². The lowest BCUT2D eigenvalue weighted by molar-refractivity contribution is -0.114. The van der Waals surface area contributed by atoms with Crippen molar-refractivity contribution in [2.24, 2.45) is 0 Å². The number of rotatable bonds is 5. The topological polar surface area (TPSA) is 38.3 Å². The molecule has 3 nitrogen and oxygen atoms in total. The van der Waals surface area contributed by atoms with E-state index in [-0.39, 0.29) is 5.91 Å². The number of amides is 1. The van der Waals surface area contributed by atoms with Crippen molar-refractivity contribution in [2.75, 3.05) is 11.9 Å². The number of carbonyl (C=O) groups is 1. The van der Waals surface area contributed by atoms with Gasteiger partial charge in [0.1, 0.15) is 12.4 Å². The molecule has 0 bridgehead atoms. The van der Waals surface area contributed by atoms with Gasteiger partial charge >= 0.3 is 0 Å². The van der Waals surface area contributed by atoms with E-state index in [4.69, 9.17) is 4.74 Å². The molecule has 1 N–H and O–H groups in total. The van der Waals surface area contributed by atoms with Crippen LogP contribution in [0.3, 0.4) is 0 Å². The second-order valence-electron chi connectivity index (χ2n) is 4.33. The Morgan fingerprint density at radius 3 is 2.45 bits per heavy atom. The van der Waals surface area contributed by atoms with Crippen LogP contribution in [0.5, 0.6) is 5.75 Å². The van der Waals surface area contributed by atoms with Crippen LogP contribution in [0, 0.1) is 0 Å². The normalized spacial score (nSPS) is 10.4. The minimum atomic E-state index is -0.0792. The van der Waals surface area contributed by atoms with E-state index in [2.05, 4.69) is 5.32 Å². The van der Waals surface area contributed by atoms with Crippen LogP contribution < -0.4 is 10.1 Å². The van der Waals surface area contributed by atoms with E-state index in [9.17, 15) is 4.79 Å². The maximum atomic E-state index is 10.9. The van der Waals surface area contributed by atoms with Crippen molar-refractivity contribution in [3.63, 3.8) is 0 Å². The quantitative estimate of drug-likeness (QED) is 0.896. The van der Waals surface area contributed by atoms with Crippen molar-refractivity contribution in [2.45, 2.75) is 6.92 Å². The van der Waals surface area contributed by atoms with Gasteiger partial charge in [0.05, 0.1) is 0 Å². The van der Waals surface area contributed by atoms with Crippen molar-refractivity contribution in [3.8, 4) is 5.75 Å². The maximum Gasteiger partial charge on any atom is 0.221 e. The van der Waals surface area contributed by atoms with Gasteiger partial charge in [-0.2, -0.15) is 0 Å². The third-order valence-electron chi connectivity index (χ3n) is 2.63. The van der Waals surface area contributed by atoms with Gasteiger partial charge in [0.2, 0.25) is 5.91 Å². The van der Waals surface area contributed by atoms with E-state index in [1.54, 1.807) is 0 Å². The summed E-state index contributed by atoms with van der Waals surface area (Å²) in [6.45, 7) is 1.99. The molecule has 0 unspecified atom stereocenters. The molecule has 20 heavy (non-hydrogen) atoms. The van der Waals surface area contributed by atoms with E-state index >= 15 is 0 Å². The van der Waals surface area contributed by atoms with Crippen molar-refractivity contribution < 1.29 is 9.53 Å². The predicted molar refractivity (Wildman–Crippen MR) is 81.7 cm³/mol. The zero-order chi connectivity index (χ0) is 14.2. The Labute approximate surface area is 118 Å². The molecule has 0 heterocycles. The van der Waals surface area contributed by atoms with Crippen molar-refractivity contribution >= 4 is 17.7 Å². The average Bonchev–Trinajstić information content (AvgIpc) is 2.46. The molecule has 2 rings (SSSR count). The second-order valence-corrected chi connectivity index (χ2v) is 4.33. The molecule has 0 fully saturated rings. The molecule has 102 valence electrons. The smallest absolute Gasteiger partial charge is 0.221 e. The fourth-order valence-electron chi connectivity index (χ4n) is 1.73. The number of ether oxygens (including phenoxy) is 1. The Morgan fingerprint density at radius 2 is 1.80 bits per heavy atom. The first kappa shape index (κ1) is 13.9. The maximum absolute atomic E-state index is 10.9. The first-order valence-corrected chi connectivity index (χ1v) is 6.46. The van der Waals surface area contributed by atoms with Crippen LogP contribution in [-0.2, 0) is 4.79 Å². The SMILES string of the molecule is CC(=O)Nc1ccc(OCC=Cc2ccccc2)cc1. The third-order valence-corrected chi connectivity index (χ3v) is 2.63. The number of benzene rings is 2. The lowest BCUT2D eigenvalue weighted by Crippen LogP contribution is -2.05. The Bertz CT molecular complexity index is 574. The molecule has 0 saturated heterocycles. The first-order chi connectivity index (χ1) is 9.74. The van der Waals surface area contributed by atoms with E-state index < -0.39 is 0 Å². The Balaban J connectivity index is 1.82. The van der Waals surface area contributed by atoms with Crippen LogP contribution in [0.2, 0.25) is 0 Å². The highest BCUT2D eigenvalue weighted by Crippen LogP contribution is 2.15. The minimum absolute atomic E-state index is 0.0792. The number of hydrogen-bond donors (Lipinski definition) is 1. The zero-order valence-electron chi connectivity index (χ0n) is 11.4. The lowest BCUT2D eigenvalue weighted by atomic mass is 10.2. The van der Waals surface area contributed by atoms with Crippen molar-refractivity contribution in [1.82, 2.24) is 0 Å². The standard InChI is InChI=1S/C17H17NO2/c1-14(19)18-16-9-11-17(12-10-16)20-13-5-8-15-6-3-2-4-7-15/h2-12H,13H2,1H3,(H,18,19). The lowest BCUT2D eigenvalue weighted by Gasteiger charge is -2.05. The van der Waals surface area contributed by atoms with Gasteiger partial charge in [-0.05, 0) is 35.9 Å². The van der Waals surface area contributed by atoms with Crippen molar-refractivity contribution in [1.29, 1.82) is 0 Å². The predicted octanol–water partition coefficient (Wildman–Crippen LogP) is 3.74. The summed E-state index contributed by atoms with van der Waals surface area (Å²) in [6.07, 6.45) is 3.99. The Hall–Kier alpha value is -2.55. The largest absolute Gasteiger partial charge is 0.490 e. The molecule has 0 atom stereocenters. The second kappa shape index (κ2) is 7.14. The van der Waals surface area contributed by atoms with E-state index in [0.29, 0.717) is 6.61 Å². The van der Waals surface area contributed by atoms with Gasteiger partial charge in [0.15, 0.2) is 0 Å². The van der Waals surface area contributed by atoms with Crippen LogP contribution in [0.25, 0.3) is 6.08 Å². The molecule has 1 amide bonds. The van der Waals surface area contributed by atoms with Crippen LogP contribution in [0.4, 0.5) is 5.69 Å². The molecule has 0 saturated carbocycles. The molecule has 0 aromatic heterocycles. The summed E-state index contributed by atoms with van der Waals surface area (Å²) in [5.74, 6) is 0.696. The van der Waals surface area contributed by atoms with Gasteiger partial charge in [0, 0.05) is 12.6 Å². The third kappa shape index (κ3) is 4.61. The molecular formula is C17H17NO2. The van der Waals surface area contributed by atoms with E-state index in [1.165, 1.54) is 6.92 Å². The highest BCUT2D eigenvalue weighted by atomic mass is 16.5. The molecular weight excluding hydrogens is 250 g/mol. The summed E-state index contributed by atoms with van der Waals surface area (Å²) in [5.41, 5.74) is 1.92. The summed E-state index contributed by atoms with van der Waals surface area (Å²) in [7, 11) is 0. The first-order valence-electron chi connectivity index (χ1n) is 6.46. The monoisotopic (exact) mass is 267 g/mol. The number of anilines is 1. The van der Waals surface area contributed by atoms with Crippen LogP contribution >= 0.6 is 0 Å². The highest BCUT2D eigenvalue weighted by Gasteiger charge is 1.96. The van der Waals surface area contributed by atoms with E-state index in [1.807, 2.05) is 66.7 Å².